The van der Waals surface area contributed by atoms with Crippen LogP contribution in [0.1, 0.15) is 34.1 Å². The smallest absolute Gasteiger partial charge is 0.308 e. The first-order chi connectivity index (χ1) is 10.9. The van der Waals surface area contributed by atoms with Crippen LogP contribution in [-0.4, -0.2) is 55.8 Å². The minimum Gasteiger partial charge on any atom is -0.308 e. The second kappa shape index (κ2) is 13.0. The molecule has 140 valence electrons. The lowest BCUT2D eigenvalue weighted by atomic mass is 10.5. The summed E-state index contributed by atoms with van der Waals surface area (Å²) in [5.74, 6) is 0. The van der Waals surface area contributed by atoms with Crippen LogP contribution in [0.3, 0.4) is 0 Å². The minimum atomic E-state index is -3.26. The molecule has 0 atom stereocenters. The Morgan fingerprint density at radius 1 is 0.783 bits per heavy atom. The van der Waals surface area contributed by atoms with Crippen molar-refractivity contribution in [3.63, 3.8) is 0 Å². The SMILES string of the molecule is CCOP(=O)(CN(CCCBr)CP(=O)(OCC)OCC)OCC. The average Bonchev–Trinajstić information content (AvgIpc) is 2.45. The van der Waals surface area contributed by atoms with Crippen molar-refractivity contribution in [2.45, 2.75) is 34.1 Å². The summed E-state index contributed by atoms with van der Waals surface area (Å²) in [5, 5.41) is 0.782. The fourth-order valence-corrected chi connectivity index (χ4v) is 5.90. The third-order valence-corrected chi connectivity index (χ3v) is 7.32. The molecule has 0 aromatic heterocycles. The van der Waals surface area contributed by atoms with Gasteiger partial charge in [-0.3, -0.25) is 14.0 Å². The fraction of sp³-hybridized carbons (Fsp3) is 1.00. The van der Waals surface area contributed by atoms with Crippen LogP contribution >= 0.6 is 31.1 Å². The van der Waals surface area contributed by atoms with Gasteiger partial charge in [0, 0.05) is 11.9 Å². The van der Waals surface area contributed by atoms with Gasteiger partial charge >= 0.3 is 15.2 Å². The van der Waals surface area contributed by atoms with E-state index in [4.69, 9.17) is 18.1 Å². The zero-order valence-electron chi connectivity index (χ0n) is 14.5. The summed E-state index contributed by atoms with van der Waals surface area (Å²) in [4.78, 5) is 1.78. The molecular weight excluding hydrogens is 408 g/mol. The normalized spacial score (nSPS) is 13.0. The lowest BCUT2D eigenvalue weighted by molar-refractivity contribution is 0.184. The van der Waals surface area contributed by atoms with Crippen molar-refractivity contribution in [1.29, 1.82) is 0 Å². The molecule has 0 aliphatic heterocycles. The Kier molecular flexibility index (Phi) is 13.4. The quantitative estimate of drug-likeness (QED) is 0.275. The van der Waals surface area contributed by atoms with Gasteiger partial charge in [0.15, 0.2) is 0 Å². The monoisotopic (exact) mass is 437 g/mol. The molecule has 23 heavy (non-hydrogen) atoms. The molecule has 0 spiro atoms. The van der Waals surface area contributed by atoms with E-state index in [1.54, 1.807) is 32.6 Å². The summed E-state index contributed by atoms with van der Waals surface area (Å²) >= 11 is 3.37. The maximum absolute atomic E-state index is 12.7. The van der Waals surface area contributed by atoms with Crippen LogP contribution in [0.5, 0.6) is 0 Å². The maximum atomic E-state index is 12.7. The third-order valence-electron chi connectivity index (χ3n) is 2.66. The molecule has 0 aliphatic carbocycles. The van der Waals surface area contributed by atoms with Crippen LogP contribution in [0.15, 0.2) is 0 Å². The van der Waals surface area contributed by atoms with Gasteiger partial charge in [0.25, 0.3) is 0 Å². The standard InChI is InChI=1S/C13H30BrNO6P2/c1-5-18-22(16,19-6-2)12-15(11-9-10-14)13-23(17,20-7-3)21-8-4/h5-13H2,1-4H3. The summed E-state index contributed by atoms with van der Waals surface area (Å²) in [7, 11) is -6.52. The molecule has 0 aliphatic rings. The van der Waals surface area contributed by atoms with Gasteiger partial charge in [-0.05, 0) is 34.1 Å². The van der Waals surface area contributed by atoms with Crippen molar-refractivity contribution in [2.75, 3.05) is 50.9 Å². The summed E-state index contributed by atoms with van der Waals surface area (Å²) < 4.78 is 46.7. The number of nitrogens with zero attached hydrogens (tertiary/aromatic N) is 1. The Hall–Kier alpha value is 0.740. The molecule has 0 N–H and O–H groups in total. The van der Waals surface area contributed by atoms with E-state index in [-0.39, 0.29) is 39.0 Å². The highest BCUT2D eigenvalue weighted by molar-refractivity contribution is 9.09. The van der Waals surface area contributed by atoms with E-state index in [1.165, 1.54) is 0 Å². The van der Waals surface area contributed by atoms with E-state index in [0.29, 0.717) is 6.54 Å². The molecule has 0 heterocycles. The van der Waals surface area contributed by atoms with Crippen LogP contribution in [0.25, 0.3) is 0 Å². The van der Waals surface area contributed by atoms with Gasteiger partial charge in [0.1, 0.15) is 12.6 Å². The number of alkyl halides is 1. The number of hydrogen-bond acceptors (Lipinski definition) is 7. The lowest BCUT2D eigenvalue weighted by Crippen LogP contribution is -2.29. The molecule has 0 radical (unpaired) electrons. The largest absolute Gasteiger partial charge is 0.344 e. The summed E-state index contributed by atoms with van der Waals surface area (Å²) in [5.41, 5.74) is 0. The van der Waals surface area contributed by atoms with Gasteiger partial charge < -0.3 is 18.1 Å². The van der Waals surface area contributed by atoms with Gasteiger partial charge in [0.05, 0.1) is 26.4 Å². The first kappa shape index (κ1) is 23.7. The lowest BCUT2D eigenvalue weighted by Gasteiger charge is -2.29. The number of rotatable bonds is 15. The van der Waals surface area contributed by atoms with E-state index in [2.05, 4.69) is 15.9 Å². The second-order valence-electron chi connectivity index (χ2n) is 4.61. The predicted molar refractivity (Wildman–Crippen MR) is 96.6 cm³/mol. The van der Waals surface area contributed by atoms with Crippen molar-refractivity contribution in [3.8, 4) is 0 Å². The van der Waals surface area contributed by atoms with Gasteiger partial charge in [-0.25, -0.2) is 0 Å². The molecule has 0 saturated heterocycles. The van der Waals surface area contributed by atoms with Crippen molar-refractivity contribution < 1.29 is 27.2 Å². The Labute approximate surface area is 148 Å². The maximum Gasteiger partial charge on any atom is 0.344 e. The van der Waals surface area contributed by atoms with Gasteiger partial charge in [-0.1, -0.05) is 15.9 Å². The number of halogens is 1. The zero-order chi connectivity index (χ0) is 17.8. The van der Waals surface area contributed by atoms with Crippen molar-refractivity contribution in [3.05, 3.63) is 0 Å². The third kappa shape index (κ3) is 10.4. The Bertz CT molecular complexity index is 347. The minimum absolute atomic E-state index is 0.0613. The Morgan fingerprint density at radius 2 is 1.13 bits per heavy atom. The van der Waals surface area contributed by atoms with E-state index in [0.717, 1.165) is 11.8 Å². The topological polar surface area (TPSA) is 74.3 Å². The van der Waals surface area contributed by atoms with E-state index in [9.17, 15) is 9.13 Å². The molecule has 0 aromatic rings. The molecule has 0 unspecified atom stereocenters. The van der Waals surface area contributed by atoms with Gasteiger partial charge in [-0.15, -0.1) is 0 Å². The van der Waals surface area contributed by atoms with Crippen molar-refractivity contribution in [2.24, 2.45) is 0 Å². The summed E-state index contributed by atoms with van der Waals surface area (Å²) in [6.07, 6.45) is 0.925. The predicted octanol–water partition coefficient (Wildman–Crippen LogP) is 4.52. The molecule has 0 rings (SSSR count). The van der Waals surface area contributed by atoms with E-state index >= 15 is 0 Å². The van der Waals surface area contributed by atoms with Crippen LogP contribution in [0.4, 0.5) is 0 Å². The van der Waals surface area contributed by atoms with Crippen LogP contribution in [0.2, 0.25) is 0 Å². The molecule has 0 fully saturated rings. The van der Waals surface area contributed by atoms with Crippen molar-refractivity contribution in [1.82, 2.24) is 4.90 Å². The van der Waals surface area contributed by atoms with Crippen LogP contribution < -0.4 is 0 Å². The average molecular weight is 438 g/mol. The van der Waals surface area contributed by atoms with Crippen LogP contribution in [-0.2, 0) is 27.2 Å². The molecule has 0 saturated carbocycles. The summed E-state index contributed by atoms with van der Waals surface area (Å²) in [6.45, 7) is 8.80. The highest BCUT2D eigenvalue weighted by Gasteiger charge is 2.33. The van der Waals surface area contributed by atoms with Crippen LogP contribution in [0, 0.1) is 0 Å². The molecule has 0 aromatic carbocycles. The second-order valence-corrected chi connectivity index (χ2v) is 9.45. The Balaban J connectivity index is 5.09. The molecule has 10 heteroatoms. The summed E-state index contributed by atoms with van der Waals surface area (Å²) in [6, 6.07) is 0. The Morgan fingerprint density at radius 3 is 1.39 bits per heavy atom. The molecule has 0 amide bonds. The highest BCUT2D eigenvalue weighted by Crippen LogP contribution is 2.53. The number of hydrogen-bond donors (Lipinski definition) is 0. The fourth-order valence-electron chi connectivity index (χ4n) is 1.98. The van der Waals surface area contributed by atoms with Crippen molar-refractivity contribution >= 4 is 31.1 Å². The molecular formula is C13H30BrNO6P2. The van der Waals surface area contributed by atoms with Gasteiger partial charge in [0.2, 0.25) is 0 Å². The zero-order valence-corrected chi connectivity index (χ0v) is 17.9. The van der Waals surface area contributed by atoms with E-state index < -0.39 is 15.2 Å². The first-order valence-electron chi connectivity index (χ1n) is 7.93. The molecule has 7 nitrogen and oxygen atoms in total. The van der Waals surface area contributed by atoms with Gasteiger partial charge in [-0.2, -0.15) is 0 Å². The molecule has 0 bridgehead atoms. The highest BCUT2D eigenvalue weighted by atomic mass is 79.9. The first-order valence-corrected chi connectivity index (χ1v) is 12.5. The van der Waals surface area contributed by atoms with E-state index in [1.807, 2.05) is 0 Å².